The zero-order valence-corrected chi connectivity index (χ0v) is 12.8. The summed E-state index contributed by atoms with van der Waals surface area (Å²) in [6.45, 7) is 4.56. The van der Waals surface area contributed by atoms with Gasteiger partial charge in [0.1, 0.15) is 18.0 Å². The first-order chi connectivity index (χ1) is 9.28. The van der Waals surface area contributed by atoms with Crippen LogP contribution in [0.25, 0.3) is 6.08 Å². The van der Waals surface area contributed by atoms with E-state index in [1.165, 1.54) is 19.3 Å². The predicted molar refractivity (Wildman–Crippen MR) is 77.7 cm³/mol. The number of halogens is 2. The summed E-state index contributed by atoms with van der Waals surface area (Å²) < 4.78 is 23.4. The maximum Gasteiger partial charge on any atom is 0.331 e. The second-order valence-corrected chi connectivity index (χ2v) is 5.55. The molecule has 5 heteroatoms. The first-order valence-electron chi connectivity index (χ1n) is 6.11. The molecule has 0 saturated carbocycles. The highest BCUT2D eigenvalue weighted by molar-refractivity contribution is 6.31. The van der Waals surface area contributed by atoms with Crippen molar-refractivity contribution in [1.82, 2.24) is 0 Å². The highest BCUT2D eigenvalue weighted by atomic mass is 35.5. The van der Waals surface area contributed by atoms with Crippen molar-refractivity contribution < 1.29 is 18.7 Å². The largest absolute Gasteiger partial charge is 0.496 e. The molecule has 1 aromatic rings. The molecule has 0 atom stereocenters. The third kappa shape index (κ3) is 4.53. The smallest absolute Gasteiger partial charge is 0.331 e. The van der Waals surface area contributed by atoms with Crippen LogP contribution in [0.3, 0.4) is 0 Å². The number of benzene rings is 1. The summed E-state index contributed by atoms with van der Waals surface area (Å²) in [5.74, 6) is -0.0637. The molecule has 0 bridgehead atoms. The first kappa shape index (κ1) is 16.5. The van der Waals surface area contributed by atoms with Gasteiger partial charge in [0.2, 0.25) is 0 Å². The minimum atomic E-state index is -0.746. The normalized spacial score (nSPS) is 11.7. The number of carbonyl (C=O) groups excluding carboxylic acids is 1. The van der Waals surface area contributed by atoms with E-state index in [0.717, 1.165) is 0 Å². The predicted octanol–water partition coefficient (Wildman–Crippen LogP) is 4.17. The van der Waals surface area contributed by atoms with E-state index < -0.39 is 18.2 Å². The van der Waals surface area contributed by atoms with Gasteiger partial charge in [0.05, 0.1) is 7.11 Å². The molecule has 0 amide bonds. The Kier molecular flexibility index (Phi) is 5.57. The molecule has 0 saturated heterocycles. The number of methoxy groups -OCH3 is 1. The number of ether oxygens (including phenoxy) is 2. The van der Waals surface area contributed by atoms with Gasteiger partial charge in [0.25, 0.3) is 0 Å². The van der Waals surface area contributed by atoms with Gasteiger partial charge in [0.15, 0.2) is 0 Å². The molecule has 110 valence electrons. The Hall–Kier alpha value is -1.55. The van der Waals surface area contributed by atoms with Crippen molar-refractivity contribution in [3.8, 4) is 5.75 Å². The molecule has 0 aromatic heterocycles. The SMILES string of the molecule is COc1ccc(Cl)c(CF)c1/C=C/C(=O)OC(C)(C)C. The van der Waals surface area contributed by atoms with Crippen molar-refractivity contribution in [2.75, 3.05) is 7.11 Å². The molecule has 0 aliphatic heterocycles. The van der Waals surface area contributed by atoms with Gasteiger partial charge in [-0.15, -0.1) is 0 Å². The van der Waals surface area contributed by atoms with Crippen LogP contribution < -0.4 is 4.74 Å². The number of alkyl halides is 1. The summed E-state index contributed by atoms with van der Waals surface area (Å²) in [4.78, 5) is 11.6. The van der Waals surface area contributed by atoms with Crippen LogP contribution in [-0.4, -0.2) is 18.7 Å². The Balaban J connectivity index is 3.07. The minimum Gasteiger partial charge on any atom is -0.496 e. The van der Waals surface area contributed by atoms with Crippen molar-refractivity contribution in [3.63, 3.8) is 0 Å². The lowest BCUT2D eigenvalue weighted by Crippen LogP contribution is -2.22. The fraction of sp³-hybridized carbons (Fsp3) is 0.400. The highest BCUT2D eigenvalue weighted by Gasteiger charge is 2.15. The van der Waals surface area contributed by atoms with E-state index in [0.29, 0.717) is 11.3 Å². The highest BCUT2D eigenvalue weighted by Crippen LogP contribution is 2.30. The Morgan fingerprint density at radius 2 is 2.05 bits per heavy atom. The fourth-order valence-electron chi connectivity index (χ4n) is 1.60. The summed E-state index contributed by atoms with van der Waals surface area (Å²) in [5, 5.41) is 0.289. The zero-order chi connectivity index (χ0) is 15.3. The van der Waals surface area contributed by atoms with E-state index in [4.69, 9.17) is 21.1 Å². The third-order valence-electron chi connectivity index (χ3n) is 2.41. The zero-order valence-electron chi connectivity index (χ0n) is 12.0. The average molecular weight is 301 g/mol. The minimum absolute atomic E-state index is 0.283. The molecule has 0 fully saturated rings. The Morgan fingerprint density at radius 3 is 2.55 bits per heavy atom. The summed E-state index contributed by atoms with van der Waals surface area (Å²) in [6, 6.07) is 3.18. The van der Waals surface area contributed by atoms with Crippen LogP contribution in [0.2, 0.25) is 5.02 Å². The molecule has 0 aliphatic carbocycles. The lowest BCUT2D eigenvalue weighted by Gasteiger charge is -2.18. The molecular formula is C15H18ClFO3. The van der Waals surface area contributed by atoms with Crippen LogP contribution in [0.15, 0.2) is 18.2 Å². The van der Waals surface area contributed by atoms with Crippen molar-refractivity contribution >= 4 is 23.6 Å². The maximum absolute atomic E-state index is 13.1. The van der Waals surface area contributed by atoms with Gasteiger partial charge in [-0.2, -0.15) is 0 Å². The van der Waals surface area contributed by atoms with Crippen LogP contribution in [0, 0.1) is 0 Å². The molecule has 0 spiro atoms. The molecule has 0 N–H and O–H groups in total. The molecule has 0 heterocycles. The van der Waals surface area contributed by atoms with Crippen molar-refractivity contribution in [2.45, 2.75) is 33.0 Å². The maximum atomic E-state index is 13.1. The van der Waals surface area contributed by atoms with Crippen LogP contribution in [0.1, 0.15) is 31.9 Å². The van der Waals surface area contributed by atoms with Crippen LogP contribution in [0.4, 0.5) is 4.39 Å². The van der Waals surface area contributed by atoms with Gasteiger partial charge in [0, 0.05) is 22.2 Å². The van der Waals surface area contributed by atoms with Gasteiger partial charge in [-0.05, 0) is 39.0 Å². The lowest BCUT2D eigenvalue weighted by molar-refractivity contribution is -0.148. The van der Waals surface area contributed by atoms with Gasteiger partial charge in [-0.1, -0.05) is 11.6 Å². The molecule has 0 unspecified atom stereocenters. The van der Waals surface area contributed by atoms with E-state index >= 15 is 0 Å². The summed E-state index contributed by atoms with van der Waals surface area (Å²) in [5.41, 5.74) is 0.141. The molecule has 1 aromatic carbocycles. The Bertz CT molecular complexity index is 519. The Morgan fingerprint density at radius 1 is 1.40 bits per heavy atom. The molecule has 0 radical (unpaired) electrons. The van der Waals surface area contributed by atoms with E-state index in [2.05, 4.69) is 0 Å². The van der Waals surface area contributed by atoms with Crippen LogP contribution in [0.5, 0.6) is 5.75 Å². The second-order valence-electron chi connectivity index (χ2n) is 5.14. The van der Waals surface area contributed by atoms with Crippen LogP contribution >= 0.6 is 11.6 Å². The number of hydrogen-bond acceptors (Lipinski definition) is 3. The summed E-state index contributed by atoms with van der Waals surface area (Å²) >= 11 is 5.93. The van der Waals surface area contributed by atoms with Crippen molar-refractivity contribution in [3.05, 3.63) is 34.4 Å². The average Bonchev–Trinajstić information content (AvgIpc) is 2.34. The molecule has 20 heavy (non-hydrogen) atoms. The van der Waals surface area contributed by atoms with Gasteiger partial charge >= 0.3 is 5.97 Å². The number of rotatable bonds is 4. The van der Waals surface area contributed by atoms with Crippen molar-refractivity contribution in [1.29, 1.82) is 0 Å². The quantitative estimate of drug-likeness (QED) is 0.618. The number of carbonyl (C=O) groups is 1. The van der Waals surface area contributed by atoms with E-state index in [-0.39, 0.29) is 10.6 Å². The van der Waals surface area contributed by atoms with Crippen molar-refractivity contribution in [2.24, 2.45) is 0 Å². The lowest BCUT2D eigenvalue weighted by atomic mass is 10.1. The topological polar surface area (TPSA) is 35.5 Å². The van der Waals surface area contributed by atoms with E-state index in [1.807, 2.05) is 0 Å². The van der Waals surface area contributed by atoms with E-state index in [9.17, 15) is 9.18 Å². The molecule has 1 rings (SSSR count). The third-order valence-corrected chi connectivity index (χ3v) is 2.76. The number of hydrogen-bond donors (Lipinski definition) is 0. The van der Waals surface area contributed by atoms with Gasteiger partial charge in [-0.25, -0.2) is 9.18 Å². The fourth-order valence-corrected chi connectivity index (χ4v) is 1.82. The first-order valence-corrected chi connectivity index (χ1v) is 6.48. The number of esters is 1. The standard InChI is InChI=1S/C15H18ClFO3/c1-15(2,3)20-14(18)8-5-10-11(9-17)12(16)6-7-13(10)19-4/h5-8H,9H2,1-4H3/b8-5+. The molecule has 3 nitrogen and oxygen atoms in total. The molecular weight excluding hydrogens is 283 g/mol. The summed E-state index contributed by atoms with van der Waals surface area (Å²) in [7, 11) is 1.47. The van der Waals surface area contributed by atoms with Gasteiger partial charge in [-0.3, -0.25) is 0 Å². The van der Waals surface area contributed by atoms with Crippen LogP contribution in [-0.2, 0) is 16.2 Å². The second kappa shape index (κ2) is 6.75. The van der Waals surface area contributed by atoms with Gasteiger partial charge < -0.3 is 9.47 Å². The summed E-state index contributed by atoms with van der Waals surface area (Å²) in [6.07, 6.45) is 2.69. The Labute approximate surface area is 123 Å². The monoisotopic (exact) mass is 300 g/mol. The van der Waals surface area contributed by atoms with E-state index in [1.54, 1.807) is 32.9 Å². The molecule has 0 aliphatic rings.